The van der Waals surface area contributed by atoms with Crippen molar-refractivity contribution >= 4 is 17.6 Å². The summed E-state index contributed by atoms with van der Waals surface area (Å²) < 4.78 is 38.7. The molecule has 0 atom stereocenters. The molecule has 1 amide bonds. The molecule has 0 aromatic heterocycles. The van der Waals surface area contributed by atoms with Gasteiger partial charge in [-0.2, -0.15) is 8.78 Å². The number of anilines is 1. The SMILES string of the molecule is O=C(COC(=O)c1ccc2c(c1)CCO2)Nc1ccc(OC(F)F)cc1. The minimum atomic E-state index is -2.92. The van der Waals surface area contributed by atoms with Crippen LogP contribution in [0.1, 0.15) is 15.9 Å². The Kier molecular flexibility index (Phi) is 5.31. The molecule has 0 radical (unpaired) electrons. The summed E-state index contributed by atoms with van der Waals surface area (Å²) >= 11 is 0. The molecule has 1 aliphatic rings. The predicted octanol–water partition coefficient (Wildman–Crippen LogP) is 3.02. The van der Waals surface area contributed by atoms with Crippen LogP contribution in [0.15, 0.2) is 42.5 Å². The highest BCUT2D eigenvalue weighted by atomic mass is 19.3. The standard InChI is InChI=1S/C18H15F2NO5/c19-18(20)26-14-4-2-13(3-5-14)21-16(22)10-25-17(23)12-1-6-15-11(9-12)7-8-24-15/h1-6,9,18H,7-8,10H2,(H,21,22). The maximum atomic E-state index is 12.1. The number of esters is 1. The van der Waals surface area contributed by atoms with Crippen molar-refractivity contribution in [3.05, 3.63) is 53.6 Å². The highest BCUT2D eigenvalue weighted by Crippen LogP contribution is 2.26. The second kappa shape index (κ2) is 7.81. The van der Waals surface area contributed by atoms with Crippen LogP contribution in [0.25, 0.3) is 0 Å². The fourth-order valence-electron chi connectivity index (χ4n) is 2.44. The molecule has 0 aliphatic carbocycles. The summed E-state index contributed by atoms with van der Waals surface area (Å²) in [5.74, 6) is -0.440. The molecule has 6 nitrogen and oxygen atoms in total. The van der Waals surface area contributed by atoms with E-state index in [1.54, 1.807) is 18.2 Å². The van der Waals surface area contributed by atoms with Crippen molar-refractivity contribution in [3.63, 3.8) is 0 Å². The lowest BCUT2D eigenvalue weighted by atomic mass is 10.1. The largest absolute Gasteiger partial charge is 0.493 e. The lowest BCUT2D eigenvalue weighted by Crippen LogP contribution is -2.21. The average molecular weight is 363 g/mol. The lowest BCUT2D eigenvalue weighted by molar-refractivity contribution is -0.119. The highest BCUT2D eigenvalue weighted by Gasteiger charge is 2.16. The first-order valence-corrected chi connectivity index (χ1v) is 7.79. The van der Waals surface area contributed by atoms with Crippen molar-refractivity contribution in [2.45, 2.75) is 13.0 Å². The van der Waals surface area contributed by atoms with E-state index in [-0.39, 0.29) is 5.75 Å². The molecule has 8 heteroatoms. The third-order valence-electron chi connectivity index (χ3n) is 3.62. The topological polar surface area (TPSA) is 73.9 Å². The number of nitrogens with one attached hydrogen (secondary N) is 1. The van der Waals surface area contributed by atoms with Crippen LogP contribution in [-0.2, 0) is 16.0 Å². The maximum absolute atomic E-state index is 12.1. The summed E-state index contributed by atoms with van der Waals surface area (Å²) in [7, 11) is 0. The van der Waals surface area contributed by atoms with Crippen molar-refractivity contribution < 1.29 is 32.6 Å². The first-order valence-electron chi connectivity index (χ1n) is 7.79. The van der Waals surface area contributed by atoms with Crippen molar-refractivity contribution in [3.8, 4) is 11.5 Å². The molecule has 3 rings (SSSR count). The molecule has 26 heavy (non-hydrogen) atoms. The van der Waals surface area contributed by atoms with Crippen LogP contribution in [0.3, 0.4) is 0 Å². The highest BCUT2D eigenvalue weighted by molar-refractivity contribution is 5.95. The van der Waals surface area contributed by atoms with Crippen LogP contribution < -0.4 is 14.8 Å². The monoisotopic (exact) mass is 363 g/mol. The van der Waals surface area contributed by atoms with Gasteiger partial charge in [0, 0.05) is 12.1 Å². The van der Waals surface area contributed by atoms with Gasteiger partial charge in [-0.05, 0) is 48.0 Å². The van der Waals surface area contributed by atoms with E-state index >= 15 is 0 Å². The Labute approximate surface area is 147 Å². The van der Waals surface area contributed by atoms with Crippen molar-refractivity contribution in [1.29, 1.82) is 0 Å². The number of benzene rings is 2. The van der Waals surface area contributed by atoms with Crippen LogP contribution in [0.4, 0.5) is 14.5 Å². The van der Waals surface area contributed by atoms with E-state index < -0.39 is 25.1 Å². The van der Waals surface area contributed by atoms with Gasteiger partial charge in [0.1, 0.15) is 11.5 Å². The minimum Gasteiger partial charge on any atom is -0.493 e. The summed E-state index contributed by atoms with van der Waals surface area (Å²) in [6, 6.07) is 10.3. The molecule has 0 saturated heterocycles. The van der Waals surface area contributed by atoms with Crippen molar-refractivity contribution in [2.75, 3.05) is 18.5 Å². The summed E-state index contributed by atoms with van der Waals surface area (Å²) in [6.07, 6.45) is 0.724. The Morgan fingerprint density at radius 3 is 2.65 bits per heavy atom. The summed E-state index contributed by atoms with van der Waals surface area (Å²) in [4.78, 5) is 23.9. The van der Waals surface area contributed by atoms with Gasteiger partial charge in [-0.3, -0.25) is 4.79 Å². The van der Waals surface area contributed by atoms with Gasteiger partial charge in [-0.25, -0.2) is 4.79 Å². The lowest BCUT2D eigenvalue weighted by Gasteiger charge is -2.08. The zero-order valence-corrected chi connectivity index (χ0v) is 13.5. The summed E-state index contributed by atoms with van der Waals surface area (Å²) in [5.41, 5.74) is 1.63. The van der Waals surface area contributed by atoms with E-state index in [1.807, 2.05) is 0 Å². The van der Waals surface area contributed by atoms with Gasteiger partial charge in [-0.15, -0.1) is 0 Å². The molecule has 0 bridgehead atoms. The van der Waals surface area contributed by atoms with Crippen LogP contribution in [0.5, 0.6) is 11.5 Å². The zero-order valence-electron chi connectivity index (χ0n) is 13.5. The number of fused-ring (bicyclic) bond motifs is 1. The molecule has 1 heterocycles. The number of amides is 1. The Balaban J connectivity index is 1.50. The Bertz CT molecular complexity index is 808. The minimum absolute atomic E-state index is 0.0231. The fourth-order valence-corrected chi connectivity index (χ4v) is 2.44. The zero-order chi connectivity index (χ0) is 18.5. The Morgan fingerprint density at radius 2 is 1.92 bits per heavy atom. The smallest absolute Gasteiger partial charge is 0.387 e. The second-order valence-electron chi connectivity index (χ2n) is 5.45. The number of carbonyl (C=O) groups is 2. The van der Waals surface area contributed by atoms with E-state index in [1.165, 1.54) is 24.3 Å². The van der Waals surface area contributed by atoms with E-state index in [2.05, 4.69) is 10.1 Å². The molecule has 1 N–H and O–H groups in total. The molecule has 2 aromatic rings. The van der Waals surface area contributed by atoms with Crippen LogP contribution in [0, 0.1) is 0 Å². The van der Waals surface area contributed by atoms with E-state index in [4.69, 9.17) is 9.47 Å². The number of hydrogen-bond donors (Lipinski definition) is 1. The maximum Gasteiger partial charge on any atom is 0.387 e. The molecule has 0 saturated carbocycles. The number of carbonyl (C=O) groups excluding carboxylic acids is 2. The Hall–Kier alpha value is -3.16. The molecule has 0 unspecified atom stereocenters. The van der Waals surface area contributed by atoms with Gasteiger partial charge in [0.15, 0.2) is 6.61 Å². The third-order valence-corrected chi connectivity index (χ3v) is 3.62. The molecular weight excluding hydrogens is 348 g/mol. The van der Waals surface area contributed by atoms with Crippen LogP contribution >= 0.6 is 0 Å². The molecule has 1 aliphatic heterocycles. The van der Waals surface area contributed by atoms with Crippen LogP contribution in [-0.4, -0.2) is 31.7 Å². The predicted molar refractivity (Wildman–Crippen MR) is 87.6 cm³/mol. The fraction of sp³-hybridized carbons (Fsp3) is 0.222. The molecule has 0 fully saturated rings. The number of halogens is 2. The van der Waals surface area contributed by atoms with E-state index in [0.29, 0.717) is 17.9 Å². The normalized spacial score (nSPS) is 12.3. The van der Waals surface area contributed by atoms with Crippen molar-refractivity contribution in [1.82, 2.24) is 0 Å². The van der Waals surface area contributed by atoms with E-state index in [0.717, 1.165) is 17.7 Å². The van der Waals surface area contributed by atoms with E-state index in [9.17, 15) is 18.4 Å². The summed E-state index contributed by atoms with van der Waals surface area (Å²) in [6.45, 7) is -2.81. The van der Waals surface area contributed by atoms with Gasteiger partial charge >= 0.3 is 12.6 Å². The Morgan fingerprint density at radius 1 is 1.15 bits per heavy atom. The number of alkyl halides is 2. The van der Waals surface area contributed by atoms with Gasteiger partial charge < -0.3 is 19.5 Å². The molecule has 0 spiro atoms. The summed E-state index contributed by atoms with van der Waals surface area (Å²) in [5, 5.41) is 2.49. The second-order valence-corrected chi connectivity index (χ2v) is 5.45. The van der Waals surface area contributed by atoms with Gasteiger partial charge in [-0.1, -0.05) is 0 Å². The first kappa shape index (κ1) is 17.7. The average Bonchev–Trinajstić information content (AvgIpc) is 3.08. The van der Waals surface area contributed by atoms with Gasteiger partial charge in [0.05, 0.1) is 12.2 Å². The van der Waals surface area contributed by atoms with Crippen molar-refractivity contribution in [2.24, 2.45) is 0 Å². The number of ether oxygens (including phenoxy) is 3. The molecular formula is C18H15F2NO5. The molecule has 2 aromatic carbocycles. The quantitative estimate of drug-likeness (QED) is 0.799. The number of rotatable bonds is 6. The van der Waals surface area contributed by atoms with Gasteiger partial charge in [0.2, 0.25) is 0 Å². The van der Waals surface area contributed by atoms with Gasteiger partial charge in [0.25, 0.3) is 5.91 Å². The number of hydrogen-bond acceptors (Lipinski definition) is 5. The first-order chi connectivity index (χ1) is 12.5. The van der Waals surface area contributed by atoms with Crippen LogP contribution in [0.2, 0.25) is 0 Å². The molecule has 136 valence electrons. The third kappa shape index (κ3) is 4.47.